The van der Waals surface area contributed by atoms with Gasteiger partial charge in [0, 0.05) is 11.4 Å². The van der Waals surface area contributed by atoms with Gasteiger partial charge in [0.15, 0.2) is 0 Å². The van der Waals surface area contributed by atoms with E-state index in [9.17, 15) is 9.90 Å². The van der Waals surface area contributed by atoms with Gasteiger partial charge in [0.25, 0.3) is 5.56 Å². The average molecular weight is 408 g/mol. The Morgan fingerprint density at radius 3 is 2.86 bits per heavy atom. The number of aliphatic hydroxyl groups excluding tert-OH is 1. The number of thiophene rings is 1. The summed E-state index contributed by atoms with van der Waals surface area (Å²) >= 11 is 1.67. The van der Waals surface area contributed by atoms with E-state index in [1.807, 2.05) is 27.7 Å². The van der Waals surface area contributed by atoms with Gasteiger partial charge >= 0.3 is 0 Å². The summed E-state index contributed by atoms with van der Waals surface area (Å²) in [6.45, 7) is 12.3. The Morgan fingerprint density at radius 1 is 1.43 bits per heavy atom. The molecule has 2 heterocycles. The zero-order valence-electron chi connectivity index (χ0n) is 17.7. The van der Waals surface area contributed by atoms with Gasteiger partial charge in [0.2, 0.25) is 0 Å². The topological polar surface area (TPSA) is 78.5 Å². The minimum atomic E-state index is -0.579. The molecule has 3 rings (SSSR count). The fourth-order valence-electron chi connectivity index (χ4n) is 3.68. The molecule has 1 aliphatic carbocycles. The Kier molecular flexibility index (Phi) is 6.59. The summed E-state index contributed by atoms with van der Waals surface area (Å²) in [6.07, 6.45) is 2.58. The van der Waals surface area contributed by atoms with Crippen molar-refractivity contribution in [3.8, 4) is 0 Å². The Labute approximate surface area is 170 Å². The van der Waals surface area contributed by atoms with Gasteiger partial charge in [0.1, 0.15) is 10.7 Å². The van der Waals surface area contributed by atoms with Gasteiger partial charge in [0.05, 0.1) is 30.2 Å². The number of ether oxygens (including phenoxy) is 1. The van der Waals surface area contributed by atoms with Gasteiger partial charge in [-0.1, -0.05) is 13.8 Å². The van der Waals surface area contributed by atoms with Crippen LogP contribution in [0.2, 0.25) is 0 Å². The molecule has 0 fully saturated rings. The van der Waals surface area contributed by atoms with E-state index in [-0.39, 0.29) is 11.2 Å². The minimum Gasteiger partial charge on any atom is -0.389 e. The maximum absolute atomic E-state index is 12.7. The third-order valence-electron chi connectivity index (χ3n) is 5.21. The molecule has 156 valence electrons. The smallest absolute Gasteiger partial charge is 0.259 e. The molecule has 1 aliphatic rings. The van der Waals surface area contributed by atoms with E-state index in [2.05, 4.69) is 16.8 Å². The highest BCUT2D eigenvalue weighted by molar-refractivity contribution is 7.18. The summed E-state index contributed by atoms with van der Waals surface area (Å²) in [5.41, 5.74) is 0.909. The van der Waals surface area contributed by atoms with Crippen molar-refractivity contribution in [3.05, 3.63) is 26.6 Å². The highest BCUT2D eigenvalue weighted by Crippen LogP contribution is 2.35. The molecule has 0 saturated carbocycles. The number of fused-ring (bicyclic) bond motifs is 3. The second-order valence-corrected chi connectivity index (χ2v) is 10.0. The molecule has 0 spiro atoms. The molecule has 0 aromatic carbocycles. The van der Waals surface area contributed by atoms with Crippen LogP contribution < -0.4 is 5.56 Å². The van der Waals surface area contributed by atoms with Crippen LogP contribution in [0.25, 0.3) is 10.2 Å². The molecule has 28 heavy (non-hydrogen) atoms. The Bertz CT molecular complexity index is 868. The Balaban J connectivity index is 1.73. The van der Waals surface area contributed by atoms with Gasteiger partial charge in [-0.3, -0.25) is 9.69 Å². The van der Waals surface area contributed by atoms with Gasteiger partial charge in [-0.15, -0.1) is 11.3 Å². The summed E-state index contributed by atoms with van der Waals surface area (Å²) in [4.78, 5) is 24.7. The zero-order valence-corrected chi connectivity index (χ0v) is 18.5. The maximum Gasteiger partial charge on any atom is 0.259 e. The highest BCUT2D eigenvalue weighted by Gasteiger charge is 2.23. The van der Waals surface area contributed by atoms with E-state index in [1.165, 1.54) is 10.4 Å². The van der Waals surface area contributed by atoms with Crippen LogP contribution in [0.3, 0.4) is 0 Å². The summed E-state index contributed by atoms with van der Waals surface area (Å²) in [6, 6.07) is 0. The van der Waals surface area contributed by atoms with Crippen molar-refractivity contribution in [2.75, 3.05) is 19.7 Å². The molecule has 0 radical (unpaired) electrons. The standard InChI is InChI=1S/C21H33N3O3S/c1-6-24(10-14(25)12-27-21(3,4)5)11-17-22-19(26)18-15-8-7-13(2)9-16(15)28-20(18)23-17/h13-14,25H,6-12H2,1-5H3,(H,22,23,26)/t13-,14+/m1/s1. The van der Waals surface area contributed by atoms with Gasteiger partial charge in [-0.2, -0.15) is 0 Å². The van der Waals surface area contributed by atoms with Gasteiger partial charge < -0.3 is 14.8 Å². The van der Waals surface area contributed by atoms with Crippen LogP contribution in [-0.2, 0) is 24.1 Å². The predicted molar refractivity (Wildman–Crippen MR) is 114 cm³/mol. The molecule has 0 unspecified atom stereocenters. The lowest BCUT2D eigenvalue weighted by Gasteiger charge is -2.26. The van der Waals surface area contributed by atoms with Crippen LogP contribution >= 0.6 is 11.3 Å². The number of H-pyrrole nitrogens is 1. The van der Waals surface area contributed by atoms with Crippen molar-refractivity contribution in [3.63, 3.8) is 0 Å². The summed E-state index contributed by atoms with van der Waals surface area (Å²) in [5, 5.41) is 11.1. The lowest BCUT2D eigenvalue weighted by atomic mass is 9.89. The van der Waals surface area contributed by atoms with Crippen molar-refractivity contribution in [2.24, 2.45) is 5.92 Å². The minimum absolute atomic E-state index is 0.0280. The summed E-state index contributed by atoms with van der Waals surface area (Å²) < 4.78 is 5.67. The predicted octanol–water partition coefficient (Wildman–Crippen LogP) is 3.11. The molecule has 0 bridgehead atoms. The fourth-order valence-corrected chi connectivity index (χ4v) is 5.08. The SMILES string of the molecule is CCN(Cc1nc2sc3c(c2c(=O)[nH]1)CC[C@@H](C)C3)C[C@H](O)COC(C)(C)C. The molecule has 0 aliphatic heterocycles. The molecule has 0 saturated heterocycles. The number of likely N-dealkylation sites (N-methyl/N-ethyl adjacent to an activating group) is 1. The lowest BCUT2D eigenvalue weighted by molar-refractivity contribution is -0.0564. The monoisotopic (exact) mass is 407 g/mol. The number of aryl methyl sites for hydroxylation is 1. The van der Waals surface area contributed by atoms with Gasteiger partial charge in [-0.25, -0.2) is 4.98 Å². The van der Waals surface area contributed by atoms with Gasteiger partial charge in [-0.05, 0) is 58.1 Å². The number of nitrogens with zero attached hydrogens (tertiary/aromatic N) is 2. The first kappa shape index (κ1) is 21.4. The normalized spacial score (nSPS) is 18.6. The summed E-state index contributed by atoms with van der Waals surface area (Å²) in [5.74, 6) is 1.33. The van der Waals surface area contributed by atoms with Crippen LogP contribution in [0.1, 0.15) is 57.3 Å². The third kappa shape index (κ3) is 5.20. The first-order chi connectivity index (χ1) is 13.2. The van der Waals surface area contributed by atoms with Crippen molar-refractivity contribution in [1.82, 2.24) is 14.9 Å². The largest absolute Gasteiger partial charge is 0.389 e. The van der Waals surface area contributed by atoms with E-state index >= 15 is 0 Å². The van der Waals surface area contributed by atoms with Crippen LogP contribution in [-0.4, -0.2) is 51.4 Å². The number of aromatic amines is 1. The fraction of sp³-hybridized carbons (Fsp3) is 0.714. The lowest BCUT2D eigenvalue weighted by Crippen LogP contribution is -2.37. The molecule has 2 aromatic heterocycles. The quantitative estimate of drug-likeness (QED) is 0.737. The molecule has 7 heteroatoms. The van der Waals surface area contributed by atoms with Crippen LogP contribution in [0.5, 0.6) is 0 Å². The Morgan fingerprint density at radius 2 is 2.18 bits per heavy atom. The first-order valence-corrected chi connectivity index (χ1v) is 11.1. The molecule has 2 atom stereocenters. The number of hydrogen-bond donors (Lipinski definition) is 2. The molecule has 2 N–H and O–H groups in total. The number of aliphatic hydroxyl groups is 1. The molecular formula is C21H33N3O3S. The third-order valence-corrected chi connectivity index (χ3v) is 6.36. The van der Waals surface area contributed by atoms with Crippen molar-refractivity contribution in [2.45, 2.75) is 72.1 Å². The van der Waals surface area contributed by atoms with E-state index in [0.717, 1.165) is 36.0 Å². The van der Waals surface area contributed by atoms with E-state index in [1.54, 1.807) is 11.3 Å². The molecule has 6 nitrogen and oxygen atoms in total. The molecule has 0 amide bonds. The van der Waals surface area contributed by atoms with Crippen LogP contribution in [0.15, 0.2) is 4.79 Å². The summed E-state index contributed by atoms with van der Waals surface area (Å²) in [7, 11) is 0. The van der Waals surface area contributed by atoms with Crippen LogP contribution in [0.4, 0.5) is 0 Å². The molecule has 2 aromatic rings. The second kappa shape index (κ2) is 8.61. The number of rotatable bonds is 7. The second-order valence-electron chi connectivity index (χ2n) is 8.95. The highest BCUT2D eigenvalue weighted by atomic mass is 32.1. The zero-order chi connectivity index (χ0) is 20.5. The first-order valence-electron chi connectivity index (χ1n) is 10.2. The van der Waals surface area contributed by atoms with Crippen molar-refractivity contribution in [1.29, 1.82) is 0 Å². The van der Waals surface area contributed by atoms with Crippen molar-refractivity contribution < 1.29 is 9.84 Å². The number of nitrogens with one attached hydrogen (secondary N) is 1. The number of aromatic nitrogens is 2. The Hall–Kier alpha value is -1.28. The number of hydrogen-bond acceptors (Lipinski definition) is 6. The van der Waals surface area contributed by atoms with E-state index < -0.39 is 6.10 Å². The molecular weight excluding hydrogens is 374 g/mol. The van der Waals surface area contributed by atoms with E-state index in [4.69, 9.17) is 9.72 Å². The maximum atomic E-state index is 12.7. The van der Waals surface area contributed by atoms with Crippen molar-refractivity contribution >= 4 is 21.6 Å². The van der Waals surface area contributed by atoms with E-state index in [0.29, 0.717) is 31.4 Å². The van der Waals surface area contributed by atoms with Crippen LogP contribution in [0, 0.1) is 5.92 Å². The average Bonchev–Trinajstić information content (AvgIpc) is 2.96.